The van der Waals surface area contributed by atoms with Gasteiger partial charge in [0.25, 0.3) is 0 Å². The van der Waals surface area contributed by atoms with Crippen LogP contribution in [0, 0.1) is 5.92 Å². The van der Waals surface area contributed by atoms with Crippen molar-refractivity contribution in [2.24, 2.45) is 5.92 Å². The first kappa shape index (κ1) is 14.0. The predicted molar refractivity (Wildman–Crippen MR) is 69.7 cm³/mol. The maximum Gasteiger partial charge on any atom is 0.0787 e. The zero-order valence-corrected chi connectivity index (χ0v) is 11.9. The molecule has 1 aliphatic rings. The zero-order valence-electron chi connectivity index (χ0n) is 11.9. The van der Waals surface area contributed by atoms with Gasteiger partial charge in [-0.1, -0.05) is 13.8 Å². The molecule has 0 aliphatic carbocycles. The van der Waals surface area contributed by atoms with E-state index < -0.39 is 0 Å². The summed E-state index contributed by atoms with van der Waals surface area (Å²) >= 11 is 0. The highest BCUT2D eigenvalue weighted by atomic mass is 16.5. The van der Waals surface area contributed by atoms with Crippen LogP contribution in [0.2, 0.25) is 0 Å². The van der Waals surface area contributed by atoms with Crippen LogP contribution in [0.4, 0.5) is 0 Å². The van der Waals surface area contributed by atoms with E-state index in [-0.39, 0.29) is 11.2 Å². The second-order valence-electron chi connectivity index (χ2n) is 6.71. The third-order valence-corrected chi connectivity index (χ3v) is 3.42. The Labute approximate surface area is 101 Å². The molecule has 2 heteroatoms. The average molecular weight is 227 g/mol. The summed E-state index contributed by atoms with van der Waals surface area (Å²) in [6.45, 7) is 14.4. The van der Waals surface area contributed by atoms with Gasteiger partial charge in [0.1, 0.15) is 0 Å². The van der Waals surface area contributed by atoms with Gasteiger partial charge in [0.15, 0.2) is 0 Å². The van der Waals surface area contributed by atoms with Gasteiger partial charge in [-0.05, 0) is 59.4 Å². The van der Waals surface area contributed by atoms with Crippen molar-refractivity contribution in [1.82, 2.24) is 5.32 Å². The summed E-state index contributed by atoms with van der Waals surface area (Å²) in [6.07, 6.45) is 3.69. The minimum atomic E-state index is -0.0265. The van der Waals surface area contributed by atoms with E-state index >= 15 is 0 Å². The van der Waals surface area contributed by atoms with Crippen LogP contribution in [-0.2, 0) is 4.74 Å². The van der Waals surface area contributed by atoms with Crippen LogP contribution in [0.15, 0.2) is 0 Å². The zero-order chi connectivity index (χ0) is 12.4. The van der Waals surface area contributed by atoms with Crippen LogP contribution >= 0.6 is 0 Å². The SMILES string of the molecule is CC(C)CCCNC1CC(C)(C)OC1(C)C. The molecule has 1 fully saturated rings. The third kappa shape index (κ3) is 4.06. The molecule has 0 spiro atoms. The van der Waals surface area contributed by atoms with Crippen molar-refractivity contribution in [3.05, 3.63) is 0 Å². The molecular weight excluding hydrogens is 198 g/mol. The molecule has 0 radical (unpaired) electrons. The summed E-state index contributed by atoms with van der Waals surface area (Å²) in [7, 11) is 0. The maximum atomic E-state index is 6.06. The fourth-order valence-corrected chi connectivity index (χ4v) is 2.67. The van der Waals surface area contributed by atoms with Crippen LogP contribution in [0.1, 0.15) is 60.8 Å². The molecule has 1 N–H and O–H groups in total. The molecule has 0 aromatic heterocycles. The van der Waals surface area contributed by atoms with E-state index in [9.17, 15) is 0 Å². The molecule has 16 heavy (non-hydrogen) atoms. The van der Waals surface area contributed by atoms with E-state index in [1.807, 2.05) is 0 Å². The first-order valence-corrected chi connectivity index (χ1v) is 6.66. The van der Waals surface area contributed by atoms with E-state index in [4.69, 9.17) is 4.74 Å². The Balaban J connectivity index is 2.32. The molecular formula is C14H29NO. The molecule has 0 saturated carbocycles. The molecule has 1 aliphatic heterocycles. The lowest BCUT2D eigenvalue weighted by Gasteiger charge is -2.28. The van der Waals surface area contributed by atoms with Gasteiger partial charge < -0.3 is 10.1 Å². The second-order valence-corrected chi connectivity index (χ2v) is 6.71. The Kier molecular flexibility index (Phi) is 4.42. The number of hydrogen-bond acceptors (Lipinski definition) is 2. The molecule has 0 amide bonds. The van der Waals surface area contributed by atoms with E-state index in [0.717, 1.165) is 18.9 Å². The molecule has 0 aromatic carbocycles. The van der Waals surface area contributed by atoms with Gasteiger partial charge in [-0.25, -0.2) is 0 Å². The summed E-state index contributed by atoms with van der Waals surface area (Å²) in [5.74, 6) is 0.811. The molecule has 1 unspecified atom stereocenters. The Hall–Kier alpha value is -0.0800. The highest BCUT2D eigenvalue weighted by molar-refractivity contribution is 4.98. The van der Waals surface area contributed by atoms with Crippen molar-refractivity contribution in [1.29, 1.82) is 0 Å². The Morgan fingerprint density at radius 2 is 1.88 bits per heavy atom. The largest absolute Gasteiger partial charge is 0.368 e. The molecule has 1 rings (SSSR count). The lowest BCUT2D eigenvalue weighted by molar-refractivity contribution is -0.0697. The summed E-state index contributed by atoms with van der Waals surface area (Å²) in [6, 6.07) is 0.495. The monoisotopic (exact) mass is 227 g/mol. The molecule has 0 bridgehead atoms. The second kappa shape index (κ2) is 5.05. The van der Waals surface area contributed by atoms with Crippen molar-refractivity contribution < 1.29 is 4.74 Å². The van der Waals surface area contributed by atoms with Gasteiger partial charge in [-0.2, -0.15) is 0 Å². The van der Waals surface area contributed by atoms with Crippen molar-refractivity contribution in [3.63, 3.8) is 0 Å². The van der Waals surface area contributed by atoms with Crippen molar-refractivity contribution in [2.45, 2.75) is 78.0 Å². The first-order valence-electron chi connectivity index (χ1n) is 6.66. The van der Waals surface area contributed by atoms with E-state index in [0.29, 0.717) is 6.04 Å². The van der Waals surface area contributed by atoms with Crippen molar-refractivity contribution >= 4 is 0 Å². The summed E-state index contributed by atoms with van der Waals surface area (Å²) in [5.41, 5.74) is 0.000541. The number of rotatable bonds is 5. The van der Waals surface area contributed by atoms with Crippen molar-refractivity contribution in [2.75, 3.05) is 6.54 Å². The molecule has 2 nitrogen and oxygen atoms in total. The molecule has 1 saturated heterocycles. The quantitative estimate of drug-likeness (QED) is 0.727. The highest BCUT2D eigenvalue weighted by Gasteiger charge is 2.45. The van der Waals surface area contributed by atoms with Crippen molar-refractivity contribution in [3.8, 4) is 0 Å². The lowest BCUT2D eigenvalue weighted by Crippen LogP contribution is -2.43. The highest BCUT2D eigenvalue weighted by Crippen LogP contribution is 2.37. The summed E-state index contributed by atoms with van der Waals surface area (Å²) in [4.78, 5) is 0. The van der Waals surface area contributed by atoms with Gasteiger partial charge in [-0.3, -0.25) is 0 Å². The number of nitrogens with one attached hydrogen (secondary N) is 1. The molecule has 1 heterocycles. The Morgan fingerprint density at radius 3 is 2.31 bits per heavy atom. The molecule has 0 aromatic rings. The van der Waals surface area contributed by atoms with Crippen LogP contribution in [0.25, 0.3) is 0 Å². The molecule has 1 atom stereocenters. The third-order valence-electron chi connectivity index (χ3n) is 3.42. The van der Waals surface area contributed by atoms with Gasteiger partial charge in [0, 0.05) is 6.04 Å². The first-order chi connectivity index (χ1) is 7.23. The van der Waals surface area contributed by atoms with Crippen LogP contribution in [0.5, 0.6) is 0 Å². The average Bonchev–Trinajstić information content (AvgIpc) is 2.27. The van der Waals surface area contributed by atoms with Gasteiger partial charge in [0.05, 0.1) is 11.2 Å². The van der Waals surface area contributed by atoms with Gasteiger partial charge in [-0.15, -0.1) is 0 Å². The predicted octanol–water partition coefficient (Wildman–Crippen LogP) is 3.36. The summed E-state index contributed by atoms with van der Waals surface area (Å²) < 4.78 is 6.06. The normalized spacial score (nSPS) is 27.6. The molecule has 96 valence electrons. The van der Waals surface area contributed by atoms with E-state index in [1.54, 1.807) is 0 Å². The summed E-state index contributed by atoms with van der Waals surface area (Å²) in [5, 5.41) is 3.66. The maximum absolute atomic E-state index is 6.06. The van der Waals surface area contributed by atoms with E-state index in [1.165, 1.54) is 12.8 Å². The van der Waals surface area contributed by atoms with E-state index in [2.05, 4.69) is 46.9 Å². The minimum absolute atomic E-state index is 0.0265. The van der Waals surface area contributed by atoms with Crippen LogP contribution in [-0.4, -0.2) is 23.8 Å². The van der Waals surface area contributed by atoms with Crippen LogP contribution < -0.4 is 5.32 Å². The smallest absolute Gasteiger partial charge is 0.0787 e. The lowest BCUT2D eigenvalue weighted by atomic mass is 9.94. The Bertz CT molecular complexity index is 221. The minimum Gasteiger partial charge on any atom is -0.368 e. The van der Waals surface area contributed by atoms with Gasteiger partial charge >= 0.3 is 0 Å². The number of ether oxygens (including phenoxy) is 1. The van der Waals surface area contributed by atoms with Gasteiger partial charge in [0.2, 0.25) is 0 Å². The topological polar surface area (TPSA) is 21.3 Å². The number of hydrogen-bond donors (Lipinski definition) is 1. The fraction of sp³-hybridized carbons (Fsp3) is 1.00. The van der Waals surface area contributed by atoms with Crippen LogP contribution in [0.3, 0.4) is 0 Å². The Morgan fingerprint density at radius 1 is 1.25 bits per heavy atom. The fourth-order valence-electron chi connectivity index (χ4n) is 2.67. The standard InChI is InChI=1S/C14H29NO/c1-11(2)8-7-9-15-12-10-13(3,4)16-14(12,5)6/h11-12,15H,7-10H2,1-6H3.